The minimum atomic E-state index is 0.807. The Balaban J connectivity index is 1.47. The van der Waals surface area contributed by atoms with Crippen LogP contribution in [0.1, 0.15) is 45.4 Å². The maximum Gasteiger partial charge on any atom is 0.0224 e. The fourth-order valence-electron chi connectivity index (χ4n) is 4.41. The molecule has 3 rings (SSSR count). The van der Waals surface area contributed by atoms with Crippen molar-refractivity contribution in [2.45, 2.75) is 57.5 Å². The third kappa shape index (κ3) is 3.32. The Morgan fingerprint density at radius 1 is 1.05 bits per heavy atom. The topological polar surface area (TPSA) is 18.5 Å². The second-order valence-electron chi connectivity index (χ2n) is 6.84. The number of piperazine rings is 1. The van der Waals surface area contributed by atoms with Crippen LogP contribution in [-0.4, -0.2) is 61.2 Å². The Morgan fingerprint density at radius 2 is 2.00 bits per heavy atom. The normalized spacial score (nSPS) is 36.8. The molecular weight excluding hydrogens is 234 g/mol. The summed E-state index contributed by atoms with van der Waals surface area (Å²) in [5.41, 5.74) is 0. The second-order valence-corrected chi connectivity index (χ2v) is 6.84. The summed E-state index contributed by atoms with van der Waals surface area (Å²) in [4.78, 5) is 5.49. The van der Waals surface area contributed by atoms with Crippen LogP contribution in [0, 0.1) is 5.92 Å². The first-order valence-electron chi connectivity index (χ1n) is 8.56. The SMILES string of the molecule is CCCNC1CCCC1CN1CCN2CCCC2C1. The molecule has 0 aromatic rings. The van der Waals surface area contributed by atoms with Crippen molar-refractivity contribution >= 4 is 0 Å². The molecule has 0 radical (unpaired) electrons. The summed E-state index contributed by atoms with van der Waals surface area (Å²) in [7, 11) is 0. The average molecular weight is 265 g/mol. The van der Waals surface area contributed by atoms with Crippen molar-refractivity contribution in [2.75, 3.05) is 39.3 Å². The molecule has 3 fully saturated rings. The first kappa shape index (κ1) is 13.8. The smallest absolute Gasteiger partial charge is 0.0224 e. The van der Waals surface area contributed by atoms with Crippen molar-refractivity contribution in [2.24, 2.45) is 5.92 Å². The van der Waals surface area contributed by atoms with E-state index >= 15 is 0 Å². The van der Waals surface area contributed by atoms with Crippen LogP contribution in [0.25, 0.3) is 0 Å². The van der Waals surface area contributed by atoms with Crippen LogP contribution >= 0.6 is 0 Å². The van der Waals surface area contributed by atoms with Crippen LogP contribution in [0.5, 0.6) is 0 Å². The van der Waals surface area contributed by atoms with Crippen molar-refractivity contribution in [3.05, 3.63) is 0 Å². The molecule has 3 aliphatic rings. The van der Waals surface area contributed by atoms with Crippen LogP contribution in [0.3, 0.4) is 0 Å². The molecule has 2 aliphatic heterocycles. The third-order valence-corrected chi connectivity index (χ3v) is 5.48. The number of nitrogens with zero attached hydrogens (tertiary/aromatic N) is 2. The minimum absolute atomic E-state index is 0.807. The Morgan fingerprint density at radius 3 is 2.89 bits per heavy atom. The fraction of sp³-hybridized carbons (Fsp3) is 1.00. The lowest BCUT2D eigenvalue weighted by Gasteiger charge is -2.39. The molecule has 110 valence electrons. The van der Waals surface area contributed by atoms with E-state index < -0.39 is 0 Å². The van der Waals surface area contributed by atoms with E-state index in [4.69, 9.17) is 0 Å². The molecule has 3 unspecified atom stereocenters. The molecule has 2 saturated heterocycles. The zero-order valence-electron chi connectivity index (χ0n) is 12.6. The zero-order valence-corrected chi connectivity index (χ0v) is 12.6. The number of nitrogens with one attached hydrogen (secondary N) is 1. The molecule has 3 heteroatoms. The molecule has 0 bridgehead atoms. The molecule has 19 heavy (non-hydrogen) atoms. The number of hydrogen-bond donors (Lipinski definition) is 1. The van der Waals surface area contributed by atoms with E-state index in [0.717, 1.165) is 18.0 Å². The summed E-state index contributed by atoms with van der Waals surface area (Å²) in [6.45, 7) is 10.2. The molecule has 0 amide bonds. The maximum absolute atomic E-state index is 3.78. The van der Waals surface area contributed by atoms with Crippen LogP contribution < -0.4 is 5.32 Å². The number of hydrogen-bond acceptors (Lipinski definition) is 3. The van der Waals surface area contributed by atoms with Gasteiger partial charge in [-0.1, -0.05) is 13.3 Å². The number of fused-ring (bicyclic) bond motifs is 1. The first-order valence-corrected chi connectivity index (χ1v) is 8.56. The van der Waals surface area contributed by atoms with Gasteiger partial charge in [0.15, 0.2) is 0 Å². The van der Waals surface area contributed by atoms with Gasteiger partial charge in [-0.05, 0) is 51.1 Å². The van der Waals surface area contributed by atoms with E-state index in [9.17, 15) is 0 Å². The quantitative estimate of drug-likeness (QED) is 0.819. The molecule has 0 aromatic heterocycles. The summed E-state index contributed by atoms with van der Waals surface area (Å²) >= 11 is 0. The van der Waals surface area contributed by atoms with E-state index in [0.29, 0.717) is 0 Å². The second kappa shape index (κ2) is 6.55. The van der Waals surface area contributed by atoms with Crippen LogP contribution in [0.4, 0.5) is 0 Å². The van der Waals surface area contributed by atoms with Gasteiger partial charge in [-0.15, -0.1) is 0 Å². The molecule has 0 spiro atoms. The monoisotopic (exact) mass is 265 g/mol. The summed E-state index contributed by atoms with van der Waals surface area (Å²) in [5, 5.41) is 3.78. The van der Waals surface area contributed by atoms with Gasteiger partial charge in [0.05, 0.1) is 0 Å². The standard InChI is InChI=1S/C16H31N3/c1-2-8-17-16-7-3-5-14(16)12-18-10-11-19-9-4-6-15(19)13-18/h14-17H,2-13H2,1H3. The summed E-state index contributed by atoms with van der Waals surface area (Å²) < 4.78 is 0. The van der Waals surface area contributed by atoms with Gasteiger partial charge in [0, 0.05) is 38.3 Å². The van der Waals surface area contributed by atoms with E-state index in [2.05, 4.69) is 22.0 Å². The minimum Gasteiger partial charge on any atom is -0.314 e. The first-order chi connectivity index (χ1) is 9.36. The van der Waals surface area contributed by atoms with Crippen molar-refractivity contribution in [3.63, 3.8) is 0 Å². The predicted octanol–water partition coefficient (Wildman–Crippen LogP) is 1.93. The zero-order chi connectivity index (χ0) is 13.1. The molecular formula is C16H31N3. The van der Waals surface area contributed by atoms with Crippen molar-refractivity contribution < 1.29 is 0 Å². The van der Waals surface area contributed by atoms with E-state index in [1.807, 2.05) is 0 Å². The van der Waals surface area contributed by atoms with Crippen molar-refractivity contribution in [1.82, 2.24) is 15.1 Å². The molecule has 2 heterocycles. The van der Waals surface area contributed by atoms with Gasteiger partial charge in [-0.25, -0.2) is 0 Å². The van der Waals surface area contributed by atoms with Crippen molar-refractivity contribution in [1.29, 1.82) is 0 Å². The van der Waals surface area contributed by atoms with Gasteiger partial charge in [-0.2, -0.15) is 0 Å². The molecule has 3 nitrogen and oxygen atoms in total. The molecule has 0 aromatic carbocycles. The van der Waals surface area contributed by atoms with Crippen molar-refractivity contribution in [3.8, 4) is 0 Å². The summed E-state index contributed by atoms with van der Waals surface area (Å²) in [5.74, 6) is 0.916. The molecule has 3 atom stereocenters. The largest absolute Gasteiger partial charge is 0.314 e. The third-order valence-electron chi connectivity index (χ3n) is 5.48. The highest BCUT2D eigenvalue weighted by Crippen LogP contribution is 2.28. The Labute approximate surface area is 118 Å². The lowest BCUT2D eigenvalue weighted by atomic mass is 10.0. The van der Waals surface area contributed by atoms with Gasteiger partial charge in [0.25, 0.3) is 0 Å². The van der Waals surface area contributed by atoms with E-state index in [1.165, 1.54) is 77.8 Å². The Kier molecular flexibility index (Phi) is 4.78. The average Bonchev–Trinajstić information content (AvgIpc) is 3.05. The summed E-state index contributed by atoms with van der Waals surface area (Å²) in [6, 6.07) is 1.69. The van der Waals surface area contributed by atoms with Crippen LogP contribution in [-0.2, 0) is 0 Å². The lowest BCUT2D eigenvalue weighted by Crippen LogP contribution is -2.52. The van der Waals surface area contributed by atoms with E-state index in [-0.39, 0.29) is 0 Å². The lowest BCUT2D eigenvalue weighted by molar-refractivity contribution is 0.0885. The highest BCUT2D eigenvalue weighted by Gasteiger charge is 2.33. The van der Waals surface area contributed by atoms with Gasteiger partial charge < -0.3 is 10.2 Å². The van der Waals surface area contributed by atoms with E-state index in [1.54, 1.807) is 0 Å². The molecule has 1 aliphatic carbocycles. The summed E-state index contributed by atoms with van der Waals surface area (Å²) in [6.07, 6.45) is 8.45. The number of rotatable bonds is 5. The van der Waals surface area contributed by atoms with Crippen LogP contribution in [0.2, 0.25) is 0 Å². The van der Waals surface area contributed by atoms with Gasteiger partial charge in [0.1, 0.15) is 0 Å². The molecule has 1 saturated carbocycles. The Hall–Kier alpha value is -0.120. The predicted molar refractivity (Wildman–Crippen MR) is 80.5 cm³/mol. The van der Waals surface area contributed by atoms with Gasteiger partial charge in [0.2, 0.25) is 0 Å². The van der Waals surface area contributed by atoms with Gasteiger partial charge in [-0.3, -0.25) is 4.90 Å². The highest BCUT2D eigenvalue weighted by atomic mass is 15.3. The van der Waals surface area contributed by atoms with Crippen LogP contribution in [0.15, 0.2) is 0 Å². The highest BCUT2D eigenvalue weighted by molar-refractivity contribution is 4.90. The molecule has 1 N–H and O–H groups in total. The maximum atomic E-state index is 3.78. The Bertz CT molecular complexity index is 281. The fourth-order valence-corrected chi connectivity index (χ4v) is 4.41. The van der Waals surface area contributed by atoms with Gasteiger partial charge >= 0.3 is 0 Å².